The number of hydrazine groups is 1. The molecule has 3 aromatic rings. The lowest BCUT2D eigenvalue weighted by atomic mass is 9.98. The molecule has 0 heterocycles. The molecule has 0 spiro atoms. The normalized spacial score (nSPS) is 14.6. The number of anilines is 1. The zero-order valence-corrected chi connectivity index (χ0v) is 18.4. The Morgan fingerprint density at radius 2 is 1.60 bits per heavy atom. The quantitative estimate of drug-likeness (QED) is 0.255. The SMILES string of the molecule is NNc1cc(C(F)(F)F)ccc1C(O)C(O)CNC(=O)OCC1c2ccccc2-c2ccccc21. The number of aliphatic hydroxyl groups is 2. The van der Waals surface area contributed by atoms with Crippen molar-refractivity contribution in [2.45, 2.75) is 24.3 Å². The van der Waals surface area contributed by atoms with Crippen LogP contribution < -0.4 is 16.6 Å². The molecule has 0 saturated heterocycles. The monoisotopic (exact) mass is 487 g/mol. The highest BCUT2D eigenvalue weighted by molar-refractivity contribution is 5.79. The number of aliphatic hydroxyl groups excluding tert-OH is 2. The molecule has 0 aromatic heterocycles. The molecule has 0 bridgehead atoms. The summed E-state index contributed by atoms with van der Waals surface area (Å²) in [7, 11) is 0. The molecular weight excluding hydrogens is 463 g/mol. The van der Waals surface area contributed by atoms with E-state index in [4.69, 9.17) is 10.6 Å². The number of halogens is 3. The maximum atomic E-state index is 12.9. The average Bonchev–Trinajstić information content (AvgIpc) is 3.18. The van der Waals surface area contributed by atoms with Crippen molar-refractivity contribution in [1.29, 1.82) is 0 Å². The van der Waals surface area contributed by atoms with E-state index >= 15 is 0 Å². The summed E-state index contributed by atoms with van der Waals surface area (Å²) in [6.45, 7) is -0.332. The summed E-state index contributed by atoms with van der Waals surface area (Å²) in [4.78, 5) is 12.3. The van der Waals surface area contributed by atoms with Gasteiger partial charge in [-0.1, -0.05) is 54.6 Å². The standard InChI is InChI=1S/C25H24F3N3O4/c26-25(27,28)14-9-10-19(21(11-14)31-29)23(33)22(32)12-30-24(34)35-13-20-17-7-3-1-5-15(17)16-6-2-4-8-18(16)20/h1-11,20,22-23,31-33H,12-13,29H2,(H,30,34). The number of ether oxygens (including phenoxy) is 1. The summed E-state index contributed by atoms with van der Waals surface area (Å²) in [5.74, 6) is 5.15. The van der Waals surface area contributed by atoms with E-state index < -0.39 is 36.6 Å². The highest BCUT2D eigenvalue weighted by atomic mass is 19.4. The average molecular weight is 487 g/mol. The van der Waals surface area contributed by atoms with E-state index in [1.54, 1.807) is 0 Å². The first-order valence-electron chi connectivity index (χ1n) is 10.8. The van der Waals surface area contributed by atoms with Crippen molar-refractivity contribution < 1.29 is 32.9 Å². The van der Waals surface area contributed by atoms with Crippen molar-refractivity contribution in [3.05, 3.63) is 89.0 Å². The minimum absolute atomic E-state index is 0.0534. The van der Waals surface area contributed by atoms with Crippen LogP contribution in [0.15, 0.2) is 66.7 Å². The van der Waals surface area contributed by atoms with Crippen LogP contribution >= 0.6 is 0 Å². The number of alkyl carbamates (subject to hydrolysis) is 1. The van der Waals surface area contributed by atoms with E-state index in [1.165, 1.54) is 0 Å². The van der Waals surface area contributed by atoms with E-state index in [1.807, 2.05) is 48.5 Å². The second-order valence-electron chi connectivity index (χ2n) is 8.16. The van der Waals surface area contributed by atoms with Gasteiger partial charge in [0.15, 0.2) is 0 Å². The van der Waals surface area contributed by atoms with Gasteiger partial charge in [0, 0.05) is 18.0 Å². The van der Waals surface area contributed by atoms with Crippen LogP contribution in [-0.4, -0.2) is 35.6 Å². The molecule has 1 aliphatic rings. The first kappa shape index (κ1) is 24.5. The highest BCUT2D eigenvalue weighted by Gasteiger charge is 2.32. The maximum Gasteiger partial charge on any atom is 0.416 e. The minimum atomic E-state index is -4.60. The molecule has 0 aliphatic heterocycles. The number of rotatable bonds is 7. The molecule has 35 heavy (non-hydrogen) atoms. The third-order valence-electron chi connectivity index (χ3n) is 6.02. The van der Waals surface area contributed by atoms with Crippen molar-refractivity contribution in [3.63, 3.8) is 0 Å². The summed E-state index contributed by atoms with van der Waals surface area (Å²) < 4.78 is 44.1. The van der Waals surface area contributed by atoms with Crippen molar-refractivity contribution in [3.8, 4) is 11.1 Å². The Bertz CT molecular complexity index is 1170. The lowest BCUT2D eigenvalue weighted by Gasteiger charge is -2.22. The number of carbonyl (C=O) groups is 1. The molecule has 3 aromatic carbocycles. The third kappa shape index (κ3) is 5.09. The van der Waals surface area contributed by atoms with E-state index in [2.05, 4.69) is 10.7 Å². The van der Waals surface area contributed by atoms with Gasteiger partial charge in [-0.3, -0.25) is 5.84 Å². The number of hydrogen-bond acceptors (Lipinski definition) is 6. The second-order valence-corrected chi connectivity index (χ2v) is 8.16. The Labute approximate surface area is 199 Å². The van der Waals surface area contributed by atoms with Crippen LogP contribution in [0.2, 0.25) is 0 Å². The fourth-order valence-corrected chi connectivity index (χ4v) is 4.27. The van der Waals surface area contributed by atoms with E-state index in [-0.39, 0.29) is 23.8 Å². The summed E-state index contributed by atoms with van der Waals surface area (Å²) in [5.41, 5.74) is 5.12. The minimum Gasteiger partial charge on any atom is -0.449 e. The van der Waals surface area contributed by atoms with Gasteiger partial charge in [-0.15, -0.1) is 0 Å². The zero-order chi connectivity index (χ0) is 25.2. The first-order chi connectivity index (χ1) is 16.7. The summed E-state index contributed by atoms with van der Waals surface area (Å²) in [5, 5.41) is 23.1. The number of nitrogens with two attached hydrogens (primary N) is 1. The molecule has 7 nitrogen and oxygen atoms in total. The Kier molecular flexibility index (Phi) is 6.97. The summed E-state index contributed by atoms with van der Waals surface area (Å²) in [6, 6.07) is 18.2. The topological polar surface area (TPSA) is 117 Å². The van der Waals surface area contributed by atoms with Crippen molar-refractivity contribution >= 4 is 11.8 Å². The maximum absolute atomic E-state index is 12.9. The predicted molar refractivity (Wildman–Crippen MR) is 123 cm³/mol. The lowest BCUT2D eigenvalue weighted by Crippen LogP contribution is -2.36. The second kappa shape index (κ2) is 9.95. The fourth-order valence-electron chi connectivity index (χ4n) is 4.27. The van der Waals surface area contributed by atoms with Crippen LogP contribution in [0.1, 0.15) is 34.3 Å². The molecule has 0 fully saturated rings. The van der Waals surface area contributed by atoms with Crippen LogP contribution in [0, 0.1) is 0 Å². The van der Waals surface area contributed by atoms with Gasteiger partial charge in [-0.2, -0.15) is 13.2 Å². The lowest BCUT2D eigenvalue weighted by molar-refractivity contribution is -0.137. The van der Waals surface area contributed by atoms with E-state index in [9.17, 15) is 28.2 Å². The molecule has 0 saturated carbocycles. The Morgan fingerprint density at radius 3 is 2.17 bits per heavy atom. The van der Waals surface area contributed by atoms with Gasteiger partial charge in [-0.05, 0) is 34.4 Å². The molecule has 0 radical (unpaired) electrons. The van der Waals surface area contributed by atoms with E-state index in [0.29, 0.717) is 0 Å². The van der Waals surface area contributed by atoms with Crippen molar-refractivity contribution in [2.24, 2.45) is 5.84 Å². The summed E-state index contributed by atoms with van der Waals surface area (Å²) in [6.07, 6.45) is -8.54. The van der Waals surface area contributed by atoms with Gasteiger partial charge in [-0.25, -0.2) is 4.79 Å². The van der Waals surface area contributed by atoms with Gasteiger partial charge in [0.05, 0.1) is 11.3 Å². The number of nitrogen functional groups attached to an aromatic ring is 1. The smallest absolute Gasteiger partial charge is 0.416 e. The highest BCUT2D eigenvalue weighted by Crippen LogP contribution is 2.44. The number of amides is 1. The van der Waals surface area contributed by atoms with Gasteiger partial charge in [0.2, 0.25) is 0 Å². The molecule has 1 aliphatic carbocycles. The zero-order valence-electron chi connectivity index (χ0n) is 18.4. The molecule has 4 rings (SSSR count). The number of hydrogen-bond donors (Lipinski definition) is 5. The van der Waals surface area contributed by atoms with Crippen LogP contribution in [-0.2, 0) is 10.9 Å². The number of benzene rings is 3. The first-order valence-corrected chi connectivity index (χ1v) is 10.8. The van der Waals surface area contributed by atoms with Gasteiger partial charge in [0.1, 0.15) is 18.8 Å². The van der Waals surface area contributed by atoms with Crippen LogP contribution in [0.4, 0.5) is 23.7 Å². The van der Waals surface area contributed by atoms with Gasteiger partial charge >= 0.3 is 12.3 Å². The largest absolute Gasteiger partial charge is 0.449 e. The number of alkyl halides is 3. The van der Waals surface area contributed by atoms with Gasteiger partial charge in [0.25, 0.3) is 0 Å². The molecule has 184 valence electrons. The van der Waals surface area contributed by atoms with Crippen LogP contribution in [0.5, 0.6) is 0 Å². The Hall–Kier alpha value is -3.60. The van der Waals surface area contributed by atoms with Crippen molar-refractivity contribution in [1.82, 2.24) is 5.32 Å². The number of carbonyl (C=O) groups excluding carboxylic acids is 1. The number of fused-ring (bicyclic) bond motifs is 3. The molecule has 10 heteroatoms. The third-order valence-corrected chi connectivity index (χ3v) is 6.02. The Morgan fingerprint density at radius 1 is 1.00 bits per heavy atom. The molecular formula is C25H24F3N3O4. The van der Waals surface area contributed by atoms with Crippen molar-refractivity contribution in [2.75, 3.05) is 18.6 Å². The van der Waals surface area contributed by atoms with Crippen LogP contribution in [0.25, 0.3) is 11.1 Å². The predicted octanol–water partition coefficient (Wildman–Crippen LogP) is 3.92. The fraction of sp³-hybridized carbons (Fsp3) is 0.240. The summed E-state index contributed by atoms with van der Waals surface area (Å²) >= 11 is 0. The number of nitrogens with one attached hydrogen (secondary N) is 2. The Balaban J connectivity index is 1.36. The molecule has 2 unspecified atom stereocenters. The molecule has 6 N–H and O–H groups in total. The van der Waals surface area contributed by atoms with Gasteiger partial charge < -0.3 is 25.7 Å². The van der Waals surface area contributed by atoms with E-state index in [0.717, 1.165) is 40.5 Å². The molecule has 1 amide bonds. The molecule has 2 atom stereocenters. The van der Waals surface area contributed by atoms with Crippen LogP contribution in [0.3, 0.4) is 0 Å².